The van der Waals surface area contributed by atoms with Crippen molar-refractivity contribution in [3.8, 4) is 5.69 Å². The van der Waals surface area contributed by atoms with E-state index in [9.17, 15) is 14.3 Å². The number of rotatable bonds is 4. The van der Waals surface area contributed by atoms with Crippen molar-refractivity contribution in [1.29, 1.82) is 0 Å². The van der Waals surface area contributed by atoms with Gasteiger partial charge < -0.3 is 5.11 Å². The Morgan fingerprint density at radius 3 is 2.67 bits per heavy atom. The topological polar surface area (TPSA) is 70.7 Å². The number of aliphatic imine (C=N–C) groups is 1. The summed E-state index contributed by atoms with van der Waals surface area (Å²) in [5, 5.41) is 10.2. The first-order valence-electron chi connectivity index (χ1n) is 9.68. The molecule has 1 aromatic heterocycles. The second kappa shape index (κ2) is 7.34. The van der Waals surface area contributed by atoms with Crippen LogP contribution in [0.25, 0.3) is 5.69 Å². The van der Waals surface area contributed by atoms with Crippen LogP contribution in [0.2, 0.25) is 5.02 Å². The van der Waals surface area contributed by atoms with Gasteiger partial charge in [0, 0.05) is 22.7 Å². The van der Waals surface area contributed by atoms with E-state index in [1.54, 1.807) is 30.3 Å². The molecule has 1 N–H and O–H groups in total. The molecule has 1 saturated heterocycles. The number of carbonyl (C=O) groups is 1. The van der Waals surface area contributed by atoms with Gasteiger partial charge in [-0.3, -0.25) is 14.5 Å². The fraction of sp³-hybridized carbons (Fsp3) is 0.227. The Balaban J connectivity index is 1.74. The summed E-state index contributed by atoms with van der Waals surface area (Å²) >= 11 is 6.28. The van der Waals surface area contributed by atoms with Crippen LogP contribution in [0.15, 0.2) is 47.5 Å². The number of carboxylic acid groups (broad SMARTS) is 1. The minimum absolute atomic E-state index is 0.0299. The lowest BCUT2D eigenvalue weighted by Gasteiger charge is -2.31. The highest BCUT2D eigenvalue weighted by Gasteiger charge is 2.30. The molecule has 0 bridgehead atoms. The number of imidazole rings is 1. The summed E-state index contributed by atoms with van der Waals surface area (Å²) in [4.78, 5) is 23.1. The third kappa shape index (κ3) is 3.11. The van der Waals surface area contributed by atoms with Gasteiger partial charge in [0.05, 0.1) is 23.6 Å². The second-order valence-electron chi connectivity index (χ2n) is 7.40. The predicted molar refractivity (Wildman–Crippen MR) is 111 cm³/mol. The van der Waals surface area contributed by atoms with Crippen molar-refractivity contribution in [1.82, 2.24) is 14.5 Å². The lowest BCUT2D eigenvalue weighted by Crippen LogP contribution is -2.37. The summed E-state index contributed by atoms with van der Waals surface area (Å²) in [6, 6.07) is 11.7. The first-order chi connectivity index (χ1) is 14.5. The summed E-state index contributed by atoms with van der Waals surface area (Å²) < 4.78 is 16.5. The van der Waals surface area contributed by atoms with Crippen molar-refractivity contribution in [2.45, 2.75) is 19.5 Å². The molecular formula is C22H18ClFN4O2. The fourth-order valence-corrected chi connectivity index (χ4v) is 4.15. The Bertz CT molecular complexity index is 1200. The molecule has 0 aliphatic carbocycles. The van der Waals surface area contributed by atoms with Crippen LogP contribution in [0.1, 0.15) is 39.6 Å². The minimum Gasteiger partial charge on any atom is -0.476 e. The van der Waals surface area contributed by atoms with Crippen LogP contribution in [-0.4, -0.2) is 44.3 Å². The van der Waals surface area contributed by atoms with Crippen LogP contribution in [0.3, 0.4) is 0 Å². The first kappa shape index (κ1) is 19.0. The molecule has 0 saturated carbocycles. The number of carboxylic acids is 1. The summed E-state index contributed by atoms with van der Waals surface area (Å²) in [7, 11) is 0. The fourth-order valence-electron chi connectivity index (χ4n) is 3.98. The van der Waals surface area contributed by atoms with E-state index in [0.29, 0.717) is 45.6 Å². The zero-order chi connectivity index (χ0) is 20.8. The number of hydrogen-bond acceptors (Lipinski definition) is 4. The van der Waals surface area contributed by atoms with E-state index in [1.165, 1.54) is 6.07 Å². The molecule has 0 radical (unpaired) electrons. The van der Waals surface area contributed by atoms with Gasteiger partial charge in [-0.05, 0) is 49.8 Å². The summed E-state index contributed by atoms with van der Waals surface area (Å²) in [6.45, 7) is 2.45. The zero-order valence-electron chi connectivity index (χ0n) is 16.0. The van der Waals surface area contributed by atoms with Gasteiger partial charge in [0.25, 0.3) is 0 Å². The molecule has 0 spiro atoms. The SMILES string of the molecule is O=C(O)c1nc2n(c1CN1CCC1)-c1ccc(Cl)cc1C(c1ccccc1F)=NC2. The number of fused-ring (bicyclic) bond motifs is 3. The molecule has 0 unspecified atom stereocenters. The minimum atomic E-state index is -1.07. The van der Waals surface area contributed by atoms with Crippen LogP contribution in [0.4, 0.5) is 4.39 Å². The standard InChI is InChI=1S/C22H18ClFN4O2/c23-13-6-7-17-15(10-13)20(14-4-1-2-5-16(14)24)25-11-19-26-21(22(29)30)18(28(17)19)12-27-8-3-9-27/h1-2,4-7,10H,3,8-9,11-12H2,(H,29,30). The summed E-state index contributed by atoms with van der Waals surface area (Å²) in [5.74, 6) is -0.938. The zero-order valence-corrected chi connectivity index (χ0v) is 16.7. The van der Waals surface area contributed by atoms with E-state index in [0.717, 1.165) is 19.5 Å². The van der Waals surface area contributed by atoms with E-state index in [1.807, 2.05) is 10.6 Å². The molecule has 0 atom stereocenters. The summed E-state index contributed by atoms with van der Waals surface area (Å²) in [6.07, 6.45) is 1.09. The van der Waals surface area contributed by atoms with Crippen molar-refractivity contribution in [3.05, 3.63) is 81.6 Å². The highest BCUT2D eigenvalue weighted by molar-refractivity contribution is 6.31. The van der Waals surface area contributed by atoms with Gasteiger partial charge in [-0.2, -0.15) is 0 Å². The highest BCUT2D eigenvalue weighted by atomic mass is 35.5. The van der Waals surface area contributed by atoms with Gasteiger partial charge in [-0.25, -0.2) is 14.2 Å². The third-order valence-corrected chi connectivity index (χ3v) is 5.76. The van der Waals surface area contributed by atoms with Crippen molar-refractivity contribution < 1.29 is 14.3 Å². The lowest BCUT2D eigenvalue weighted by atomic mass is 9.99. The van der Waals surface area contributed by atoms with Crippen molar-refractivity contribution in [2.75, 3.05) is 13.1 Å². The van der Waals surface area contributed by atoms with Gasteiger partial charge in [0.1, 0.15) is 11.6 Å². The van der Waals surface area contributed by atoms with Gasteiger partial charge in [0.2, 0.25) is 0 Å². The second-order valence-corrected chi connectivity index (χ2v) is 7.84. The maximum atomic E-state index is 14.6. The average molecular weight is 425 g/mol. The number of nitrogens with zero attached hydrogens (tertiary/aromatic N) is 4. The van der Waals surface area contributed by atoms with Crippen LogP contribution in [-0.2, 0) is 13.1 Å². The third-order valence-electron chi connectivity index (χ3n) is 5.53. The van der Waals surface area contributed by atoms with Crippen molar-refractivity contribution >= 4 is 23.3 Å². The Morgan fingerprint density at radius 2 is 1.97 bits per heavy atom. The maximum absolute atomic E-state index is 14.6. The van der Waals surface area contributed by atoms with Crippen molar-refractivity contribution in [3.63, 3.8) is 0 Å². The molecule has 5 rings (SSSR count). The molecular weight excluding hydrogens is 407 g/mol. The van der Waals surface area contributed by atoms with Gasteiger partial charge in [-0.1, -0.05) is 23.7 Å². The smallest absolute Gasteiger partial charge is 0.356 e. The molecule has 2 aliphatic rings. The molecule has 1 fully saturated rings. The number of aromatic nitrogens is 2. The van der Waals surface area contributed by atoms with E-state index < -0.39 is 5.97 Å². The molecule has 30 heavy (non-hydrogen) atoms. The van der Waals surface area contributed by atoms with Crippen LogP contribution < -0.4 is 0 Å². The Labute approximate surface area is 177 Å². The Morgan fingerprint density at radius 1 is 1.17 bits per heavy atom. The number of likely N-dealkylation sites (tertiary alicyclic amines) is 1. The van der Waals surface area contributed by atoms with Crippen LogP contribution in [0, 0.1) is 5.82 Å². The molecule has 3 aromatic rings. The normalized spacial score (nSPS) is 15.6. The van der Waals surface area contributed by atoms with Gasteiger partial charge in [0.15, 0.2) is 5.69 Å². The molecule has 3 heterocycles. The molecule has 152 valence electrons. The average Bonchev–Trinajstić information content (AvgIpc) is 2.97. The predicted octanol–water partition coefficient (Wildman–Crippen LogP) is 3.92. The van der Waals surface area contributed by atoms with Crippen LogP contribution in [0.5, 0.6) is 0 Å². The largest absolute Gasteiger partial charge is 0.476 e. The molecule has 0 amide bonds. The number of halogens is 2. The van der Waals surface area contributed by atoms with E-state index in [2.05, 4.69) is 14.9 Å². The van der Waals surface area contributed by atoms with E-state index in [-0.39, 0.29) is 18.1 Å². The van der Waals surface area contributed by atoms with Gasteiger partial charge >= 0.3 is 5.97 Å². The monoisotopic (exact) mass is 424 g/mol. The molecule has 2 aliphatic heterocycles. The summed E-state index contributed by atoms with van der Waals surface area (Å²) in [5.41, 5.74) is 2.82. The quantitative estimate of drug-likeness (QED) is 0.689. The first-order valence-corrected chi connectivity index (χ1v) is 10.1. The molecule has 8 heteroatoms. The van der Waals surface area contributed by atoms with E-state index in [4.69, 9.17) is 11.6 Å². The Hall–Kier alpha value is -3.03. The number of aromatic carboxylic acids is 1. The highest BCUT2D eigenvalue weighted by Crippen LogP contribution is 2.31. The van der Waals surface area contributed by atoms with E-state index >= 15 is 0 Å². The Kier molecular flexibility index (Phi) is 4.64. The lowest BCUT2D eigenvalue weighted by molar-refractivity contribution is 0.0686. The number of benzene rings is 2. The maximum Gasteiger partial charge on any atom is 0.356 e. The van der Waals surface area contributed by atoms with Crippen LogP contribution >= 0.6 is 11.6 Å². The number of hydrogen-bond donors (Lipinski definition) is 1. The van der Waals surface area contributed by atoms with Gasteiger partial charge in [-0.15, -0.1) is 0 Å². The van der Waals surface area contributed by atoms with Crippen molar-refractivity contribution in [2.24, 2.45) is 4.99 Å². The molecule has 2 aromatic carbocycles. The molecule has 6 nitrogen and oxygen atoms in total.